The first-order valence-corrected chi connectivity index (χ1v) is 8.09. The number of benzene rings is 1. The molecule has 0 bridgehead atoms. The highest BCUT2D eigenvalue weighted by molar-refractivity contribution is 6.01. The molecule has 0 N–H and O–H groups in total. The first kappa shape index (κ1) is 16.0. The van der Waals surface area contributed by atoms with E-state index < -0.39 is 5.41 Å². The summed E-state index contributed by atoms with van der Waals surface area (Å²) in [4.78, 5) is 17.9. The number of esters is 1. The van der Waals surface area contributed by atoms with Gasteiger partial charge in [-0.15, -0.1) is 0 Å². The molecule has 5 heteroatoms. The second kappa shape index (κ2) is 6.71. The zero-order valence-corrected chi connectivity index (χ0v) is 13.7. The van der Waals surface area contributed by atoms with Gasteiger partial charge in [-0.25, -0.2) is 0 Å². The van der Waals surface area contributed by atoms with Crippen LogP contribution in [0, 0.1) is 12.3 Å². The Bertz CT molecular complexity index is 588. The van der Waals surface area contributed by atoms with Gasteiger partial charge in [0.2, 0.25) is 0 Å². The van der Waals surface area contributed by atoms with Crippen LogP contribution in [0.4, 0.5) is 0 Å². The summed E-state index contributed by atoms with van der Waals surface area (Å²) >= 11 is 0. The Labute approximate surface area is 136 Å². The van der Waals surface area contributed by atoms with Crippen molar-refractivity contribution in [2.24, 2.45) is 10.6 Å². The van der Waals surface area contributed by atoms with E-state index >= 15 is 0 Å². The van der Waals surface area contributed by atoms with Crippen LogP contribution in [0.15, 0.2) is 29.4 Å². The minimum atomic E-state index is -0.504. The lowest BCUT2D eigenvalue weighted by atomic mass is 9.75. The highest BCUT2D eigenvalue weighted by Crippen LogP contribution is 2.39. The van der Waals surface area contributed by atoms with Gasteiger partial charge in [0.1, 0.15) is 6.10 Å². The summed E-state index contributed by atoms with van der Waals surface area (Å²) in [6.45, 7) is 3.24. The molecule has 0 aliphatic carbocycles. The number of nitrogens with zero attached hydrogens (tertiary/aromatic N) is 1. The third kappa shape index (κ3) is 3.39. The van der Waals surface area contributed by atoms with Gasteiger partial charge in [-0.2, -0.15) is 0 Å². The van der Waals surface area contributed by atoms with E-state index in [1.54, 1.807) is 0 Å². The molecule has 3 rings (SSSR count). The van der Waals surface area contributed by atoms with Crippen molar-refractivity contribution >= 4 is 11.7 Å². The number of methoxy groups -OCH3 is 1. The molecule has 0 spiro atoms. The molecular formula is C18H23NO4. The lowest BCUT2D eigenvalue weighted by Gasteiger charge is -2.35. The Morgan fingerprint density at radius 2 is 2.00 bits per heavy atom. The Kier molecular flexibility index (Phi) is 4.66. The van der Waals surface area contributed by atoms with Gasteiger partial charge >= 0.3 is 5.97 Å². The second-order valence-corrected chi connectivity index (χ2v) is 6.42. The number of rotatable bonds is 4. The first-order chi connectivity index (χ1) is 11.1. The van der Waals surface area contributed by atoms with Crippen LogP contribution in [0.25, 0.3) is 0 Å². The normalized spacial score (nSPS) is 23.0. The number of oxime groups is 1. The summed E-state index contributed by atoms with van der Waals surface area (Å²) in [6.07, 6.45) is 2.63. The minimum Gasteiger partial charge on any atom is -0.469 e. The Balaban J connectivity index is 1.67. The van der Waals surface area contributed by atoms with Crippen LogP contribution in [0.5, 0.6) is 0 Å². The number of carbonyl (C=O) groups is 1. The molecule has 0 radical (unpaired) electrons. The molecule has 1 fully saturated rings. The van der Waals surface area contributed by atoms with Crippen molar-refractivity contribution in [3.8, 4) is 0 Å². The number of carbonyl (C=O) groups excluding carboxylic acids is 1. The first-order valence-electron chi connectivity index (χ1n) is 8.09. The topological polar surface area (TPSA) is 57.1 Å². The van der Waals surface area contributed by atoms with Gasteiger partial charge < -0.3 is 14.3 Å². The van der Waals surface area contributed by atoms with Gasteiger partial charge in [0.05, 0.1) is 18.2 Å². The lowest BCUT2D eigenvalue weighted by Crippen LogP contribution is -2.41. The van der Waals surface area contributed by atoms with E-state index in [0.29, 0.717) is 32.5 Å². The number of ether oxygens (including phenoxy) is 2. The van der Waals surface area contributed by atoms with Crippen LogP contribution in [0.3, 0.4) is 0 Å². The molecule has 0 unspecified atom stereocenters. The quantitative estimate of drug-likeness (QED) is 0.801. The number of hydrogen-bond donors (Lipinski definition) is 0. The van der Waals surface area contributed by atoms with Crippen LogP contribution in [-0.2, 0) is 19.1 Å². The molecule has 2 aliphatic heterocycles. The minimum absolute atomic E-state index is 0.0801. The van der Waals surface area contributed by atoms with Crippen molar-refractivity contribution in [2.75, 3.05) is 20.3 Å². The van der Waals surface area contributed by atoms with Gasteiger partial charge in [-0.3, -0.25) is 4.79 Å². The van der Waals surface area contributed by atoms with E-state index in [2.05, 4.69) is 36.3 Å². The summed E-state index contributed by atoms with van der Waals surface area (Å²) in [6, 6.07) is 8.26. The molecule has 0 saturated carbocycles. The maximum absolute atomic E-state index is 12.3. The van der Waals surface area contributed by atoms with Crippen molar-refractivity contribution in [1.82, 2.24) is 0 Å². The molecule has 1 saturated heterocycles. The maximum Gasteiger partial charge on any atom is 0.312 e. The van der Waals surface area contributed by atoms with Crippen molar-refractivity contribution < 1.29 is 19.1 Å². The highest BCUT2D eigenvalue weighted by Gasteiger charge is 2.44. The fourth-order valence-electron chi connectivity index (χ4n) is 3.36. The molecular weight excluding hydrogens is 294 g/mol. The lowest BCUT2D eigenvalue weighted by molar-refractivity contribution is -0.162. The summed E-state index contributed by atoms with van der Waals surface area (Å²) < 4.78 is 10.4. The molecule has 1 atom stereocenters. The zero-order chi connectivity index (χ0) is 16.3. The van der Waals surface area contributed by atoms with Gasteiger partial charge in [0.25, 0.3) is 0 Å². The van der Waals surface area contributed by atoms with Crippen molar-refractivity contribution in [3.63, 3.8) is 0 Å². The SMILES string of the molecule is COC(=O)C1(C[C@H]2CC(c3ccc(C)cc3)=NO2)CCOCC1. The van der Waals surface area contributed by atoms with E-state index in [4.69, 9.17) is 14.3 Å². The van der Waals surface area contributed by atoms with Gasteiger partial charge in [0.15, 0.2) is 0 Å². The second-order valence-electron chi connectivity index (χ2n) is 6.42. The van der Waals surface area contributed by atoms with E-state index in [9.17, 15) is 4.79 Å². The molecule has 124 valence electrons. The van der Waals surface area contributed by atoms with E-state index in [1.807, 2.05) is 0 Å². The van der Waals surface area contributed by atoms with Crippen molar-refractivity contribution in [2.45, 2.75) is 38.7 Å². The van der Waals surface area contributed by atoms with Crippen LogP contribution in [0.1, 0.15) is 36.8 Å². The van der Waals surface area contributed by atoms with Crippen molar-refractivity contribution in [3.05, 3.63) is 35.4 Å². The molecule has 5 nitrogen and oxygen atoms in total. The Morgan fingerprint density at radius 1 is 1.30 bits per heavy atom. The van der Waals surface area contributed by atoms with Gasteiger partial charge in [-0.1, -0.05) is 35.0 Å². The highest BCUT2D eigenvalue weighted by atomic mass is 16.6. The van der Waals surface area contributed by atoms with Crippen LogP contribution in [-0.4, -0.2) is 38.1 Å². The number of hydrogen-bond acceptors (Lipinski definition) is 5. The standard InChI is InChI=1S/C18H23NO4/c1-13-3-5-14(6-4-13)16-11-15(23-19-16)12-18(17(20)21-2)7-9-22-10-8-18/h3-6,15H,7-12H2,1-2H3/t15-/m1/s1. The fourth-order valence-corrected chi connectivity index (χ4v) is 3.36. The number of aryl methyl sites for hydroxylation is 1. The predicted molar refractivity (Wildman–Crippen MR) is 86.3 cm³/mol. The van der Waals surface area contributed by atoms with Crippen LogP contribution < -0.4 is 0 Å². The Hall–Kier alpha value is -1.88. The summed E-state index contributed by atoms with van der Waals surface area (Å²) in [5.74, 6) is -0.159. The van der Waals surface area contributed by atoms with E-state index in [1.165, 1.54) is 12.7 Å². The average Bonchev–Trinajstić information content (AvgIpc) is 3.04. The van der Waals surface area contributed by atoms with Gasteiger partial charge in [0, 0.05) is 26.1 Å². The molecule has 23 heavy (non-hydrogen) atoms. The summed E-state index contributed by atoms with van der Waals surface area (Å²) in [7, 11) is 1.45. The van der Waals surface area contributed by atoms with Crippen molar-refractivity contribution in [1.29, 1.82) is 0 Å². The van der Waals surface area contributed by atoms with Gasteiger partial charge in [-0.05, 0) is 25.3 Å². The average molecular weight is 317 g/mol. The van der Waals surface area contributed by atoms with E-state index in [0.717, 1.165) is 17.7 Å². The molecule has 2 aliphatic rings. The van der Waals surface area contributed by atoms with Crippen LogP contribution >= 0.6 is 0 Å². The molecule has 1 aromatic rings. The monoisotopic (exact) mass is 317 g/mol. The third-order valence-electron chi connectivity index (χ3n) is 4.80. The smallest absolute Gasteiger partial charge is 0.312 e. The predicted octanol–water partition coefficient (Wildman–Crippen LogP) is 2.85. The van der Waals surface area contributed by atoms with Crippen LogP contribution in [0.2, 0.25) is 0 Å². The fraction of sp³-hybridized carbons (Fsp3) is 0.556. The molecule has 1 aromatic carbocycles. The Morgan fingerprint density at radius 3 is 2.65 bits per heavy atom. The van der Waals surface area contributed by atoms with E-state index in [-0.39, 0.29) is 12.1 Å². The summed E-state index contributed by atoms with van der Waals surface area (Å²) in [5, 5.41) is 4.23. The summed E-state index contributed by atoms with van der Waals surface area (Å²) in [5.41, 5.74) is 2.74. The zero-order valence-electron chi connectivity index (χ0n) is 13.7. The maximum atomic E-state index is 12.3. The molecule has 2 heterocycles. The largest absolute Gasteiger partial charge is 0.469 e. The molecule has 0 amide bonds. The third-order valence-corrected chi connectivity index (χ3v) is 4.80. The molecule has 0 aromatic heterocycles.